The number of esters is 1. The molecule has 0 saturated carbocycles. The van der Waals surface area contributed by atoms with Gasteiger partial charge in [-0.15, -0.1) is 0 Å². The van der Waals surface area contributed by atoms with Gasteiger partial charge in [-0.25, -0.2) is 4.79 Å². The molecule has 0 atom stereocenters. The fourth-order valence-electron chi connectivity index (χ4n) is 0.339. The second-order valence-electron chi connectivity index (χ2n) is 1.67. The Kier molecular flexibility index (Phi) is 3.21. The first-order valence-electron chi connectivity index (χ1n) is 2.89. The molecule has 0 heterocycles. The van der Waals surface area contributed by atoms with Crippen molar-refractivity contribution in [1.29, 1.82) is 0 Å². The molecule has 10 heavy (non-hydrogen) atoms. The van der Waals surface area contributed by atoms with Crippen molar-refractivity contribution < 1.29 is 24.0 Å². The molecule has 0 aliphatic carbocycles. The standard InChI is InChI=1S/C5H9F2NO2/c1-2-10-4(9)5(6,7)3-8/h2-3,8H2,1H3/p+1. The number of rotatable bonds is 3. The monoisotopic (exact) mass is 154 g/mol. The highest BCUT2D eigenvalue weighted by molar-refractivity contribution is 5.77. The third-order valence-corrected chi connectivity index (χ3v) is 0.888. The Morgan fingerprint density at radius 1 is 1.70 bits per heavy atom. The summed E-state index contributed by atoms with van der Waals surface area (Å²) >= 11 is 0. The Bertz CT molecular complexity index is 127. The van der Waals surface area contributed by atoms with Gasteiger partial charge in [0.2, 0.25) is 0 Å². The zero-order valence-corrected chi connectivity index (χ0v) is 5.69. The highest BCUT2D eigenvalue weighted by Crippen LogP contribution is 2.11. The summed E-state index contributed by atoms with van der Waals surface area (Å²) in [6.07, 6.45) is 0. The van der Waals surface area contributed by atoms with Gasteiger partial charge in [0, 0.05) is 0 Å². The molecule has 0 fully saturated rings. The third-order valence-electron chi connectivity index (χ3n) is 0.888. The lowest BCUT2D eigenvalue weighted by molar-refractivity contribution is -0.401. The molecule has 0 spiro atoms. The minimum absolute atomic E-state index is 0.0333. The number of carbonyl (C=O) groups is 1. The molecule has 0 rings (SSSR count). The summed E-state index contributed by atoms with van der Waals surface area (Å²) in [5, 5.41) is 0. The molecule has 0 saturated heterocycles. The van der Waals surface area contributed by atoms with E-state index in [-0.39, 0.29) is 6.61 Å². The highest BCUT2D eigenvalue weighted by atomic mass is 19.3. The second kappa shape index (κ2) is 3.46. The molecule has 0 aliphatic rings. The van der Waals surface area contributed by atoms with Crippen molar-refractivity contribution in [2.45, 2.75) is 12.8 Å². The predicted molar refractivity (Wildman–Crippen MR) is 29.3 cm³/mol. The molecule has 0 amide bonds. The predicted octanol–water partition coefficient (Wildman–Crippen LogP) is -0.573. The van der Waals surface area contributed by atoms with Crippen molar-refractivity contribution in [1.82, 2.24) is 0 Å². The fraction of sp³-hybridized carbons (Fsp3) is 0.800. The number of quaternary nitrogens is 1. The summed E-state index contributed by atoms with van der Waals surface area (Å²) in [5.74, 6) is -4.92. The average Bonchev–Trinajstić information content (AvgIpc) is 1.89. The minimum atomic E-state index is -3.42. The van der Waals surface area contributed by atoms with Gasteiger partial charge in [0.1, 0.15) is 0 Å². The van der Waals surface area contributed by atoms with E-state index in [4.69, 9.17) is 0 Å². The first-order chi connectivity index (χ1) is 4.54. The van der Waals surface area contributed by atoms with E-state index in [9.17, 15) is 13.6 Å². The normalized spacial score (nSPS) is 11.2. The zero-order valence-electron chi connectivity index (χ0n) is 5.69. The summed E-state index contributed by atoms with van der Waals surface area (Å²) in [6.45, 7) is 0.678. The zero-order chi connectivity index (χ0) is 8.20. The molecule has 0 aromatic carbocycles. The topological polar surface area (TPSA) is 53.9 Å². The van der Waals surface area contributed by atoms with Crippen molar-refractivity contribution >= 4 is 5.97 Å². The SMILES string of the molecule is CCOC(=O)C(F)(F)C[NH3+]. The third kappa shape index (κ3) is 2.26. The van der Waals surface area contributed by atoms with Gasteiger partial charge in [0.15, 0.2) is 6.54 Å². The number of ether oxygens (including phenoxy) is 1. The van der Waals surface area contributed by atoms with E-state index < -0.39 is 18.4 Å². The first-order valence-corrected chi connectivity index (χ1v) is 2.89. The number of hydrogen-bond donors (Lipinski definition) is 1. The van der Waals surface area contributed by atoms with Gasteiger partial charge in [-0.3, -0.25) is 0 Å². The van der Waals surface area contributed by atoms with Crippen LogP contribution in [-0.2, 0) is 9.53 Å². The van der Waals surface area contributed by atoms with Crippen molar-refractivity contribution in [3.05, 3.63) is 0 Å². The maximum absolute atomic E-state index is 12.2. The molecule has 0 aromatic rings. The Balaban J connectivity index is 3.91. The van der Waals surface area contributed by atoms with Crippen molar-refractivity contribution in [3.8, 4) is 0 Å². The Morgan fingerprint density at radius 2 is 2.20 bits per heavy atom. The van der Waals surface area contributed by atoms with Crippen molar-refractivity contribution in [2.24, 2.45) is 0 Å². The lowest BCUT2D eigenvalue weighted by atomic mass is 10.3. The quantitative estimate of drug-likeness (QED) is 0.553. The molecule has 0 aromatic heterocycles. The van der Waals surface area contributed by atoms with Gasteiger partial charge in [-0.05, 0) is 6.92 Å². The van der Waals surface area contributed by atoms with Crippen LogP contribution in [0.3, 0.4) is 0 Å². The van der Waals surface area contributed by atoms with E-state index in [1.54, 1.807) is 0 Å². The van der Waals surface area contributed by atoms with Crippen LogP contribution in [-0.4, -0.2) is 25.0 Å². The van der Waals surface area contributed by atoms with Gasteiger partial charge >= 0.3 is 11.9 Å². The molecule has 60 valence electrons. The minimum Gasteiger partial charge on any atom is -0.461 e. The first kappa shape index (κ1) is 9.29. The van der Waals surface area contributed by atoms with Crippen LogP contribution in [0.1, 0.15) is 6.92 Å². The van der Waals surface area contributed by atoms with Crippen LogP contribution in [0.2, 0.25) is 0 Å². The van der Waals surface area contributed by atoms with E-state index in [0.29, 0.717) is 0 Å². The Hall–Kier alpha value is -0.710. The Labute approximate surface area is 57.1 Å². The molecule has 5 heteroatoms. The smallest absolute Gasteiger partial charge is 0.389 e. The van der Waals surface area contributed by atoms with Gasteiger partial charge in [0.25, 0.3) is 0 Å². The Morgan fingerprint density at radius 3 is 2.50 bits per heavy atom. The molecule has 0 radical (unpaired) electrons. The van der Waals surface area contributed by atoms with Crippen molar-refractivity contribution in [2.75, 3.05) is 13.2 Å². The lowest BCUT2D eigenvalue weighted by Crippen LogP contribution is -2.61. The molecular formula is C5H10F2NO2+. The maximum Gasteiger partial charge on any atom is 0.389 e. The van der Waals surface area contributed by atoms with E-state index in [2.05, 4.69) is 10.5 Å². The molecule has 0 unspecified atom stereocenters. The average molecular weight is 154 g/mol. The second-order valence-corrected chi connectivity index (χ2v) is 1.67. The van der Waals surface area contributed by atoms with Gasteiger partial charge in [-0.1, -0.05) is 0 Å². The molecular weight excluding hydrogens is 144 g/mol. The largest absolute Gasteiger partial charge is 0.461 e. The summed E-state index contributed by atoms with van der Waals surface area (Å²) < 4.78 is 28.5. The summed E-state index contributed by atoms with van der Waals surface area (Å²) in [7, 11) is 0. The van der Waals surface area contributed by atoms with Crippen LogP contribution >= 0.6 is 0 Å². The van der Waals surface area contributed by atoms with Crippen molar-refractivity contribution in [3.63, 3.8) is 0 Å². The van der Waals surface area contributed by atoms with Crippen LogP contribution < -0.4 is 5.73 Å². The molecule has 0 aliphatic heterocycles. The van der Waals surface area contributed by atoms with Gasteiger partial charge < -0.3 is 10.5 Å². The van der Waals surface area contributed by atoms with Gasteiger partial charge in [0.05, 0.1) is 6.61 Å². The summed E-state index contributed by atoms with van der Waals surface area (Å²) in [5.41, 5.74) is 2.91. The molecule has 3 nitrogen and oxygen atoms in total. The lowest BCUT2D eigenvalue weighted by Gasteiger charge is -2.08. The highest BCUT2D eigenvalue weighted by Gasteiger charge is 2.41. The number of halogens is 2. The maximum atomic E-state index is 12.2. The van der Waals surface area contributed by atoms with Crippen LogP contribution in [0.25, 0.3) is 0 Å². The van der Waals surface area contributed by atoms with Gasteiger partial charge in [-0.2, -0.15) is 8.78 Å². The van der Waals surface area contributed by atoms with E-state index >= 15 is 0 Å². The summed E-state index contributed by atoms with van der Waals surface area (Å²) in [6, 6.07) is 0. The number of hydrogen-bond acceptors (Lipinski definition) is 2. The van der Waals surface area contributed by atoms with E-state index in [1.807, 2.05) is 0 Å². The van der Waals surface area contributed by atoms with E-state index in [0.717, 1.165) is 0 Å². The number of alkyl halides is 2. The van der Waals surface area contributed by atoms with E-state index in [1.165, 1.54) is 6.92 Å². The molecule has 0 bridgehead atoms. The number of carbonyl (C=O) groups excluding carboxylic acids is 1. The van der Waals surface area contributed by atoms with Crippen LogP contribution in [0, 0.1) is 0 Å². The summed E-state index contributed by atoms with van der Waals surface area (Å²) in [4.78, 5) is 10.3. The van der Waals surface area contributed by atoms with Crippen LogP contribution in [0.15, 0.2) is 0 Å². The van der Waals surface area contributed by atoms with Crippen LogP contribution in [0.5, 0.6) is 0 Å². The fourth-order valence-corrected chi connectivity index (χ4v) is 0.339. The van der Waals surface area contributed by atoms with Crippen LogP contribution in [0.4, 0.5) is 8.78 Å². The molecule has 3 N–H and O–H groups in total.